The van der Waals surface area contributed by atoms with Crippen LogP contribution >= 0.6 is 0 Å². The molecule has 3 aliphatic rings. The van der Waals surface area contributed by atoms with E-state index in [2.05, 4.69) is 15.3 Å². The van der Waals surface area contributed by atoms with E-state index in [4.69, 9.17) is 0 Å². The lowest BCUT2D eigenvalue weighted by molar-refractivity contribution is -0.145. The molecule has 4 heterocycles. The van der Waals surface area contributed by atoms with E-state index in [0.29, 0.717) is 51.7 Å². The molecular weight excluding hydrogens is 334 g/mol. The van der Waals surface area contributed by atoms with Gasteiger partial charge in [0.2, 0.25) is 17.7 Å². The van der Waals surface area contributed by atoms with Gasteiger partial charge in [-0.25, -0.2) is 4.98 Å². The SMILES string of the molecule is CCC(=O)N1CCc2[nH]cnc2C12CCN(C(=O)[C@@H]1CCC(=O)N1)CC2. The molecule has 0 unspecified atom stereocenters. The summed E-state index contributed by atoms with van der Waals surface area (Å²) in [6, 6.07) is -0.391. The molecule has 1 aromatic heterocycles. The fourth-order valence-electron chi connectivity index (χ4n) is 4.66. The van der Waals surface area contributed by atoms with Gasteiger partial charge in [0, 0.05) is 44.6 Å². The van der Waals surface area contributed by atoms with Gasteiger partial charge in [-0.2, -0.15) is 0 Å². The Kier molecular flexibility index (Phi) is 4.20. The second-order valence-corrected chi connectivity index (χ2v) is 7.39. The van der Waals surface area contributed by atoms with Crippen LogP contribution in [0.4, 0.5) is 0 Å². The van der Waals surface area contributed by atoms with E-state index in [1.165, 1.54) is 0 Å². The van der Waals surface area contributed by atoms with Crippen molar-refractivity contribution in [3.8, 4) is 0 Å². The zero-order chi connectivity index (χ0) is 18.3. The highest BCUT2D eigenvalue weighted by Gasteiger charge is 2.49. The molecule has 0 bridgehead atoms. The molecular formula is C18H25N5O3. The minimum atomic E-state index is -0.420. The van der Waals surface area contributed by atoms with Crippen LogP contribution in [0.1, 0.15) is 50.4 Å². The molecule has 4 rings (SSSR count). The number of amides is 3. The second kappa shape index (κ2) is 6.41. The van der Waals surface area contributed by atoms with Crippen LogP contribution < -0.4 is 5.32 Å². The van der Waals surface area contributed by atoms with E-state index < -0.39 is 11.6 Å². The number of H-pyrrole nitrogens is 1. The average Bonchev–Trinajstić information content (AvgIpc) is 3.31. The molecule has 3 amide bonds. The monoisotopic (exact) mass is 359 g/mol. The van der Waals surface area contributed by atoms with Crippen LogP contribution in [0.5, 0.6) is 0 Å². The fraction of sp³-hybridized carbons (Fsp3) is 0.667. The standard InChI is InChI=1S/C18H25N5O3/c1-2-15(25)23-8-5-12-16(20-11-19-12)18(23)6-9-22(10-7-18)17(26)13-3-4-14(24)21-13/h11,13H,2-10H2,1H3,(H,19,20)(H,21,24)/t13-/m0/s1. The predicted molar refractivity (Wildman–Crippen MR) is 93.0 cm³/mol. The van der Waals surface area contributed by atoms with E-state index in [1.807, 2.05) is 16.7 Å². The zero-order valence-corrected chi connectivity index (χ0v) is 15.1. The number of piperidine rings is 1. The van der Waals surface area contributed by atoms with Gasteiger partial charge in [-0.3, -0.25) is 14.4 Å². The van der Waals surface area contributed by atoms with Crippen LogP contribution in [0.25, 0.3) is 0 Å². The van der Waals surface area contributed by atoms with Crippen LogP contribution in [0, 0.1) is 0 Å². The maximum absolute atomic E-state index is 12.7. The van der Waals surface area contributed by atoms with Crippen molar-refractivity contribution in [2.24, 2.45) is 0 Å². The molecule has 1 spiro atoms. The van der Waals surface area contributed by atoms with Crippen molar-refractivity contribution in [3.05, 3.63) is 17.7 Å². The number of hydrogen-bond acceptors (Lipinski definition) is 4. The zero-order valence-electron chi connectivity index (χ0n) is 15.1. The number of hydrogen-bond donors (Lipinski definition) is 2. The van der Waals surface area contributed by atoms with Crippen LogP contribution in [0.3, 0.4) is 0 Å². The van der Waals surface area contributed by atoms with Crippen molar-refractivity contribution >= 4 is 17.7 Å². The smallest absolute Gasteiger partial charge is 0.245 e. The molecule has 8 nitrogen and oxygen atoms in total. The summed E-state index contributed by atoms with van der Waals surface area (Å²) in [7, 11) is 0. The lowest BCUT2D eigenvalue weighted by atomic mass is 9.78. The number of carbonyl (C=O) groups excluding carboxylic acids is 3. The number of likely N-dealkylation sites (tertiary alicyclic amines) is 1. The summed E-state index contributed by atoms with van der Waals surface area (Å²) >= 11 is 0. The number of imidazole rings is 1. The molecule has 0 saturated carbocycles. The third-order valence-electron chi connectivity index (χ3n) is 6.06. The molecule has 3 aliphatic heterocycles. The molecule has 140 valence electrons. The third-order valence-corrected chi connectivity index (χ3v) is 6.06. The highest BCUT2D eigenvalue weighted by atomic mass is 16.2. The van der Waals surface area contributed by atoms with Gasteiger partial charge in [-0.1, -0.05) is 6.92 Å². The Morgan fingerprint density at radius 2 is 2.04 bits per heavy atom. The van der Waals surface area contributed by atoms with Crippen molar-refractivity contribution < 1.29 is 14.4 Å². The Hall–Kier alpha value is -2.38. The van der Waals surface area contributed by atoms with E-state index in [-0.39, 0.29) is 17.7 Å². The Balaban J connectivity index is 1.54. The summed E-state index contributed by atoms with van der Waals surface area (Å²) in [4.78, 5) is 48.3. The minimum Gasteiger partial charge on any atom is -0.348 e. The highest BCUT2D eigenvalue weighted by Crippen LogP contribution is 2.42. The van der Waals surface area contributed by atoms with Gasteiger partial charge in [-0.15, -0.1) is 0 Å². The Labute approximate surface area is 152 Å². The summed E-state index contributed by atoms with van der Waals surface area (Å²) in [5.41, 5.74) is 1.65. The van der Waals surface area contributed by atoms with Gasteiger partial charge in [0.1, 0.15) is 6.04 Å². The third kappa shape index (κ3) is 2.59. The molecule has 2 saturated heterocycles. The maximum Gasteiger partial charge on any atom is 0.245 e. The molecule has 0 aliphatic carbocycles. The van der Waals surface area contributed by atoms with E-state index in [1.54, 1.807) is 6.33 Å². The number of carbonyl (C=O) groups is 3. The van der Waals surface area contributed by atoms with Gasteiger partial charge in [-0.05, 0) is 19.3 Å². The lowest BCUT2D eigenvalue weighted by Gasteiger charge is -2.50. The summed E-state index contributed by atoms with van der Waals surface area (Å²) in [5.74, 6) is 0.0867. The maximum atomic E-state index is 12.7. The lowest BCUT2D eigenvalue weighted by Crippen LogP contribution is -2.59. The molecule has 8 heteroatoms. The molecule has 0 radical (unpaired) electrons. The number of aromatic amines is 1. The number of nitrogens with one attached hydrogen (secondary N) is 2. The molecule has 26 heavy (non-hydrogen) atoms. The van der Waals surface area contributed by atoms with E-state index in [0.717, 1.165) is 17.8 Å². The summed E-state index contributed by atoms with van der Waals surface area (Å²) in [6.45, 7) is 3.72. The minimum absolute atomic E-state index is 0.00266. The molecule has 1 atom stereocenters. The highest BCUT2D eigenvalue weighted by molar-refractivity contribution is 5.90. The second-order valence-electron chi connectivity index (χ2n) is 7.39. The van der Waals surface area contributed by atoms with E-state index >= 15 is 0 Å². The Morgan fingerprint density at radius 3 is 2.69 bits per heavy atom. The van der Waals surface area contributed by atoms with Crippen molar-refractivity contribution in [1.29, 1.82) is 0 Å². The number of fused-ring (bicyclic) bond motifs is 2. The van der Waals surface area contributed by atoms with Gasteiger partial charge < -0.3 is 20.1 Å². The van der Waals surface area contributed by atoms with Crippen molar-refractivity contribution in [2.45, 2.75) is 57.0 Å². The summed E-state index contributed by atoms with van der Waals surface area (Å²) in [5, 5.41) is 2.76. The number of nitrogens with zero attached hydrogens (tertiary/aromatic N) is 3. The topological polar surface area (TPSA) is 98.4 Å². The molecule has 2 N–H and O–H groups in total. The normalized spacial score (nSPS) is 24.5. The molecule has 0 aromatic carbocycles. The van der Waals surface area contributed by atoms with Gasteiger partial charge in [0.25, 0.3) is 0 Å². The first-order chi connectivity index (χ1) is 12.5. The first kappa shape index (κ1) is 17.1. The van der Waals surface area contributed by atoms with Crippen molar-refractivity contribution in [3.63, 3.8) is 0 Å². The number of aromatic nitrogens is 2. The van der Waals surface area contributed by atoms with E-state index in [9.17, 15) is 14.4 Å². The first-order valence-electron chi connectivity index (χ1n) is 9.46. The van der Waals surface area contributed by atoms with Crippen LogP contribution in [-0.4, -0.2) is 63.2 Å². The molecule has 2 fully saturated rings. The fourth-order valence-corrected chi connectivity index (χ4v) is 4.66. The largest absolute Gasteiger partial charge is 0.348 e. The van der Waals surface area contributed by atoms with Gasteiger partial charge in [0.05, 0.1) is 17.6 Å². The van der Waals surface area contributed by atoms with Gasteiger partial charge in [0.15, 0.2) is 0 Å². The Morgan fingerprint density at radius 1 is 1.27 bits per heavy atom. The van der Waals surface area contributed by atoms with Gasteiger partial charge >= 0.3 is 0 Å². The van der Waals surface area contributed by atoms with Crippen LogP contribution in [0.15, 0.2) is 6.33 Å². The summed E-state index contributed by atoms with van der Waals surface area (Å²) < 4.78 is 0. The number of rotatable bonds is 2. The quantitative estimate of drug-likeness (QED) is 0.793. The van der Waals surface area contributed by atoms with Crippen LogP contribution in [-0.2, 0) is 26.3 Å². The van der Waals surface area contributed by atoms with Crippen molar-refractivity contribution in [1.82, 2.24) is 25.1 Å². The average molecular weight is 359 g/mol. The first-order valence-corrected chi connectivity index (χ1v) is 9.46. The predicted octanol–water partition coefficient (Wildman–Crippen LogP) is 0.301. The van der Waals surface area contributed by atoms with Crippen LogP contribution in [0.2, 0.25) is 0 Å². The summed E-state index contributed by atoms with van der Waals surface area (Å²) in [6.07, 6.45) is 5.33. The molecule has 1 aromatic rings. The Bertz CT molecular complexity index is 735. The van der Waals surface area contributed by atoms with Crippen molar-refractivity contribution in [2.75, 3.05) is 19.6 Å².